The van der Waals surface area contributed by atoms with Crippen molar-refractivity contribution in [2.45, 2.75) is 245 Å². The van der Waals surface area contributed by atoms with Crippen molar-refractivity contribution in [2.24, 2.45) is 23.3 Å². The summed E-state index contributed by atoms with van der Waals surface area (Å²) in [5.41, 5.74) is 11.9. The van der Waals surface area contributed by atoms with Gasteiger partial charge >= 0.3 is 0 Å². The number of hydrogen-bond donors (Lipinski definition) is 4. The third kappa shape index (κ3) is 29.0. The Hall–Kier alpha value is -0.240. The van der Waals surface area contributed by atoms with Crippen LogP contribution in [0.5, 0.6) is 0 Å². The summed E-state index contributed by atoms with van der Waals surface area (Å²) < 4.78 is 0. The molecule has 0 aromatic heterocycles. The van der Waals surface area contributed by atoms with E-state index in [1.54, 1.807) is 0 Å². The van der Waals surface area contributed by atoms with Crippen LogP contribution in [0, 0.1) is 11.8 Å². The number of unbranched alkanes of at least 4 members (excludes halogenated alkanes) is 20. The Morgan fingerprint density at radius 1 is 0.370 bits per heavy atom. The van der Waals surface area contributed by atoms with Crippen LogP contribution in [0.1, 0.15) is 233 Å². The van der Waals surface area contributed by atoms with E-state index < -0.39 is 0 Å². The van der Waals surface area contributed by atoms with Gasteiger partial charge in [-0.15, -0.1) is 0 Å². The third-order valence-corrected chi connectivity index (χ3v) is 12.9. The van der Waals surface area contributed by atoms with E-state index in [0.717, 1.165) is 38.0 Å². The van der Waals surface area contributed by atoms with Gasteiger partial charge in [-0.25, -0.2) is 0 Å². The van der Waals surface area contributed by atoms with Crippen LogP contribution in [0.4, 0.5) is 0 Å². The number of nitrogens with one attached hydrogen (secondary N) is 2. The van der Waals surface area contributed by atoms with Crippen molar-refractivity contribution in [2.75, 3.05) is 52.4 Å². The Balaban J connectivity index is 2.30. The van der Waals surface area contributed by atoms with Gasteiger partial charge in [-0.2, -0.15) is 0 Å². The Kier molecular flexibility index (Phi) is 38.0. The van der Waals surface area contributed by atoms with Crippen LogP contribution in [-0.2, 0) is 0 Å². The first kappa shape index (κ1) is 51.8. The third-order valence-electron chi connectivity index (χ3n) is 12.9. The zero-order chi connectivity index (χ0) is 39.2. The lowest BCUT2D eigenvalue weighted by Gasteiger charge is -2.42. The second kappa shape index (κ2) is 39.6. The Morgan fingerprint density at radius 3 is 0.926 bits per heavy atom. The molecular formula is C48H102N6. The molecule has 6 N–H and O–H groups in total. The van der Waals surface area contributed by atoms with Crippen molar-refractivity contribution in [3.05, 3.63) is 0 Å². The molecule has 0 saturated carbocycles. The van der Waals surface area contributed by atoms with E-state index in [2.05, 4.69) is 48.1 Å². The van der Waals surface area contributed by atoms with Crippen LogP contribution in [-0.4, -0.2) is 74.5 Å². The Morgan fingerprint density at radius 2 is 0.648 bits per heavy atom. The van der Waals surface area contributed by atoms with Crippen LogP contribution >= 0.6 is 0 Å². The monoisotopic (exact) mass is 763 g/mol. The molecule has 4 atom stereocenters. The fourth-order valence-electron chi connectivity index (χ4n) is 9.21. The summed E-state index contributed by atoms with van der Waals surface area (Å²) in [5, 5.41) is 8.01. The van der Waals surface area contributed by atoms with Crippen LogP contribution in [0.2, 0.25) is 0 Å². The standard InChI is InChI=1S/C48H102N6/c1-5-9-11-13-15-17-19-21-23-25-27-31-45(33-29-37-49)35-39-51-47(7-3)53-41-43-54(44-42-53)48(8-4)52-40-36-46(34-30-38-50)32-28-26-24-22-20-18-16-14-12-10-6-2/h45-48,51-52H,5-44,49-50H2,1-4H3. The summed E-state index contributed by atoms with van der Waals surface area (Å²) in [6.45, 7) is 18.0. The predicted molar refractivity (Wildman–Crippen MR) is 242 cm³/mol. The van der Waals surface area contributed by atoms with Gasteiger partial charge in [-0.05, 0) is 89.4 Å². The SMILES string of the molecule is CCCCCCCCCCCCCC(CCCN)CCNC(CC)N1CCN(C(CC)NCCC(CCCN)CCCCCCCCCCCCC)CC1. The zero-order valence-electron chi connectivity index (χ0n) is 37.6. The lowest BCUT2D eigenvalue weighted by Crippen LogP contribution is -2.58. The Bertz CT molecular complexity index is 668. The minimum atomic E-state index is 0.510. The maximum absolute atomic E-state index is 5.95. The molecule has 4 unspecified atom stereocenters. The minimum absolute atomic E-state index is 0.510. The van der Waals surface area contributed by atoms with E-state index in [1.165, 1.54) is 232 Å². The van der Waals surface area contributed by atoms with Gasteiger partial charge in [0.05, 0.1) is 12.3 Å². The van der Waals surface area contributed by atoms with Crippen molar-refractivity contribution in [1.82, 2.24) is 20.4 Å². The molecule has 1 aliphatic heterocycles. The Labute approximate surface area is 340 Å². The van der Waals surface area contributed by atoms with Crippen molar-refractivity contribution in [1.29, 1.82) is 0 Å². The van der Waals surface area contributed by atoms with E-state index in [-0.39, 0.29) is 0 Å². The van der Waals surface area contributed by atoms with E-state index >= 15 is 0 Å². The quantitative estimate of drug-likeness (QED) is 0.0464. The highest BCUT2D eigenvalue weighted by atomic mass is 15.4. The average Bonchev–Trinajstić information content (AvgIpc) is 3.19. The summed E-state index contributed by atoms with van der Waals surface area (Å²) in [5.74, 6) is 1.67. The van der Waals surface area contributed by atoms with E-state index in [4.69, 9.17) is 11.5 Å². The van der Waals surface area contributed by atoms with Gasteiger partial charge in [0.1, 0.15) is 0 Å². The first-order chi connectivity index (χ1) is 26.6. The molecule has 0 aromatic carbocycles. The highest BCUT2D eigenvalue weighted by Crippen LogP contribution is 2.22. The normalized spacial score (nSPS) is 16.6. The molecule has 1 fully saturated rings. The van der Waals surface area contributed by atoms with Crippen LogP contribution in [0.25, 0.3) is 0 Å². The highest BCUT2D eigenvalue weighted by Gasteiger charge is 2.26. The van der Waals surface area contributed by atoms with Gasteiger partial charge in [-0.1, -0.05) is 182 Å². The molecule has 0 bridgehead atoms. The molecule has 6 heteroatoms. The van der Waals surface area contributed by atoms with Gasteiger partial charge < -0.3 is 22.1 Å². The summed E-state index contributed by atoms with van der Waals surface area (Å²) in [4.78, 5) is 5.47. The molecule has 0 radical (unpaired) electrons. The molecule has 1 saturated heterocycles. The molecule has 0 aliphatic carbocycles. The molecular weight excluding hydrogens is 661 g/mol. The van der Waals surface area contributed by atoms with Crippen molar-refractivity contribution in [3.63, 3.8) is 0 Å². The minimum Gasteiger partial charge on any atom is -0.330 e. The predicted octanol–water partition coefficient (Wildman–Crippen LogP) is 12.1. The summed E-state index contributed by atoms with van der Waals surface area (Å²) >= 11 is 0. The number of hydrogen-bond acceptors (Lipinski definition) is 6. The maximum Gasteiger partial charge on any atom is 0.0595 e. The van der Waals surface area contributed by atoms with Gasteiger partial charge in [-0.3, -0.25) is 9.80 Å². The van der Waals surface area contributed by atoms with Crippen molar-refractivity contribution < 1.29 is 0 Å². The zero-order valence-corrected chi connectivity index (χ0v) is 37.6. The topological polar surface area (TPSA) is 82.6 Å². The molecule has 6 nitrogen and oxygen atoms in total. The molecule has 1 rings (SSSR count). The lowest BCUT2D eigenvalue weighted by molar-refractivity contribution is 0.0447. The largest absolute Gasteiger partial charge is 0.330 e. The lowest BCUT2D eigenvalue weighted by atomic mass is 9.92. The van der Waals surface area contributed by atoms with Crippen LogP contribution < -0.4 is 22.1 Å². The number of nitrogens with zero attached hydrogens (tertiary/aromatic N) is 2. The van der Waals surface area contributed by atoms with Gasteiger partial charge in [0.15, 0.2) is 0 Å². The molecule has 54 heavy (non-hydrogen) atoms. The van der Waals surface area contributed by atoms with Crippen LogP contribution in [0.15, 0.2) is 0 Å². The fraction of sp³-hybridized carbons (Fsp3) is 1.00. The van der Waals surface area contributed by atoms with Gasteiger partial charge in [0.2, 0.25) is 0 Å². The van der Waals surface area contributed by atoms with Crippen molar-refractivity contribution >= 4 is 0 Å². The summed E-state index contributed by atoms with van der Waals surface area (Å²) in [7, 11) is 0. The van der Waals surface area contributed by atoms with Gasteiger partial charge in [0, 0.05) is 26.2 Å². The first-order valence-corrected chi connectivity index (χ1v) is 25.0. The van der Waals surface area contributed by atoms with E-state index in [9.17, 15) is 0 Å². The van der Waals surface area contributed by atoms with Crippen LogP contribution in [0.3, 0.4) is 0 Å². The summed E-state index contributed by atoms with van der Waals surface area (Å²) in [6.07, 6.45) is 45.3. The molecule has 0 amide bonds. The second-order valence-corrected chi connectivity index (χ2v) is 17.6. The average molecular weight is 763 g/mol. The van der Waals surface area contributed by atoms with Crippen molar-refractivity contribution in [3.8, 4) is 0 Å². The molecule has 1 heterocycles. The first-order valence-electron chi connectivity index (χ1n) is 25.0. The van der Waals surface area contributed by atoms with Gasteiger partial charge in [0.25, 0.3) is 0 Å². The number of piperazine rings is 1. The molecule has 0 aromatic rings. The van der Waals surface area contributed by atoms with E-state index in [1.807, 2.05) is 0 Å². The fourth-order valence-corrected chi connectivity index (χ4v) is 9.21. The maximum atomic E-state index is 5.95. The molecule has 0 spiro atoms. The number of nitrogens with two attached hydrogens (primary N) is 2. The molecule has 1 aliphatic rings. The number of rotatable bonds is 42. The summed E-state index contributed by atoms with van der Waals surface area (Å²) in [6, 6.07) is 0. The second-order valence-electron chi connectivity index (χ2n) is 17.6. The van der Waals surface area contributed by atoms with E-state index in [0.29, 0.717) is 12.3 Å². The highest BCUT2D eigenvalue weighted by molar-refractivity contribution is 4.81. The molecule has 324 valence electrons. The smallest absolute Gasteiger partial charge is 0.0595 e.